The smallest absolute Gasteiger partial charge is 0.263 e. The number of thiocarbonyl (C=S) groups is 1. The number of rotatable bonds is 7. The molecule has 0 saturated heterocycles. The Morgan fingerprint density at radius 1 is 1.13 bits per heavy atom. The molecule has 0 radical (unpaired) electrons. The van der Waals surface area contributed by atoms with E-state index in [2.05, 4.69) is 25.6 Å². The van der Waals surface area contributed by atoms with E-state index in [-0.39, 0.29) is 21.7 Å². The van der Waals surface area contributed by atoms with Gasteiger partial charge >= 0.3 is 0 Å². The van der Waals surface area contributed by atoms with Crippen molar-refractivity contribution < 1.29 is 22.4 Å². The van der Waals surface area contributed by atoms with Crippen LogP contribution in [0.1, 0.15) is 5.76 Å². The fraction of sp³-hybridized carbons (Fsp3) is 0.0526. The van der Waals surface area contributed by atoms with E-state index in [1.807, 2.05) is 0 Å². The lowest BCUT2D eigenvalue weighted by atomic mass is 10.3. The fourth-order valence-electron chi connectivity index (χ4n) is 2.26. The third-order valence-electron chi connectivity index (χ3n) is 3.69. The summed E-state index contributed by atoms with van der Waals surface area (Å²) < 4.78 is 37.2. The molecule has 3 N–H and O–H groups in total. The molecule has 0 aliphatic carbocycles. The second kappa shape index (κ2) is 9.82. The van der Waals surface area contributed by atoms with Crippen LogP contribution in [0.3, 0.4) is 0 Å². The van der Waals surface area contributed by atoms with E-state index in [1.54, 1.807) is 12.1 Å². The quantitative estimate of drug-likeness (QED) is 0.359. The van der Waals surface area contributed by atoms with Crippen LogP contribution in [0.15, 0.2) is 70.2 Å². The minimum atomic E-state index is -3.87. The van der Waals surface area contributed by atoms with Crippen molar-refractivity contribution >= 4 is 50.8 Å². The van der Waals surface area contributed by atoms with E-state index in [0.29, 0.717) is 11.4 Å². The van der Waals surface area contributed by atoms with Gasteiger partial charge in [-0.1, -0.05) is 0 Å². The van der Waals surface area contributed by atoms with Gasteiger partial charge < -0.3 is 14.5 Å². The maximum absolute atomic E-state index is 12.5. The van der Waals surface area contributed by atoms with Crippen molar-refractivity contribution in [3.8, 4) is 5.88 Å². The van der Waals surface area contributed by atoms with Crippen molar-refractivity contribution in [1.82, 2.24) is 15.5 Å². The number of nitrogens with one attached hydrogen (secondary N) is 3. The molecule has 0 saturated carbocycles. The van der Waals surface area contributed by atoms with Crippen molar-refractivity contribution in [2.75, 3.05) is 17.1 Å². The van der Waals surface area contributed by atoms with E-state index in [4.69, 9.17) is 21.4 Å². The predicted molar refractivity (Wildman–Crippen MR) is 118 cm³/mol. The molecule has 2 heterocycles. The number of ether oxygens (including phenoxy) is 1. The second-order valence-electron chi connectivity index (χ2n) is 5.88. The lowest BCUT2D eigenvalue weighted by Gasteiger charge is -2.10. The molecule has 3 aromatic rings. The number of nitrogens with zero attached hydrogens (tertiary/aromatic N) is 2. The highest BCUT2D eigenvalue weighted by Gasteiger charge is 2.15. The number of carbonyl (C=O) groups excluding carboxylic acids is 1. The number of hydrogen-bond acceptors (Lipinski definition) is 8. The van der Waals surface area contributed by atoms with Gasteiger partial charge in [0.05, 0.1) is 18.3 Å². The van der Waals surface area contributed by atoms with Gasteiger partial charge in [-0.25, -0.2) is 8.42 Å². The van der Waals surface area contributed by atoms with Crippen LogP contribution in [-0.2, 0) is 14.8 Å². The summed E-state index contributed by atoms with van der Waals surface area (Å²) in [6.45, 7) is 0. The Kier molecular flexibility index (Phi) is 6.95. The normalized spacial score (nSPS) is 11.1. The predicted octanol–water partition coefficient (Wildman–Crippen LogP) is 2.41. The first-order chi connectivity index (χ1) is 14.9. The molecule has 10 nitrogen and oxygen atoms in total. The molecular formula is C19H17N5O5S2. The summed E-state index contributed by atoms with van der Waals surface area (Å²) in [5.41, 5.74) is 0.489. The second-order valence-corrected chi connectivity index (χ2v) is 7.97. The molecule has 0 fully saturated rings. The molecule has 31 heavy (non-hydrogen) atoms. The van der Waals surface area contributed by atoms with Crippen molar-refractivity contribution in [3.63, 3.8) is 0 Å². The van der Waals surface area contributed by atoms with Gasteiger partial charge in [0, 0.05) is 17.8 Å². The average molecular weight is 460 g/mol. The van der Waals surface area contributed by atoms with E-state index in [9.17, 15) is 13.2 Å². The molecule has 2 aromatic heterocycles. The van der Waals surface area contributed by atoms with Gasteiger partial charge in [0.15, 0.2) is 10.9 Å². The van der Waals surface area contributed by atoms with E-state index < -0.39 is 15.9 Å². The lowest BCUT2D eigenvalue weighted by Crippen LogP contribution is -2.32. The summed E-state index contributed by atoms with van der Waals surface area (Å²) in [7, 11) is -2.44. The summed E-state index contributed by atoms with van der Waals surface area (Å²) in [6.07, 6.45) is 4.27. The van der Waals surface area contributed by atoms with Crippen LogP contribution in [-0.4, -0.2) is 36.7 Å². The van der Waals surface area contributed by atoms with Crippen LogP contribution in [0.25, 0.3) is 6.08 Å². The third kappa shape index (κ3) is 6.35. The van der Waals surface area contributed by atoms with Crippen molar-refractivity contribution in [2.24, 2.45) is 0 Å². The monoisotopic (exact) mass is 459 g/mol. The van der Waals surface area contributed by atoms with E-state index in [1.165, 1.54) is 61.9 Å². The SMILES string of the molecule is COc1ccc(NS(=O)(=O)c2ccc(NC(=S)NC(=O)C=Cc3ccco3)cc2)nn1. The molecule has 0 aliphatic heterocycles. The Labute approximate surface area is 183 Å². The number of furan rings is 1. The standard InChI is InChI=1S/C19H17N5O5S2/c1-28-18-11-9-16(22-23-18)24-31(26,27)15-7-4-13(5-8-15)20-19(30)21-17(25)10-6-14-3-2-12-29-14/h2-12H,1H3,(H,22,24)(H2,20,21,25,30). The van der Waals surface area contributed by atoms with E-state index in [0.717, 1.165) is 0 Å². The van der Waals surface area contributed by atoms with Crippen LogP contribution in [0, 0.1) is 0 Å². The van der Waals surface area contributed by atoms with Crippen molar-refractivity contribution in [3.05, 3.63) is 66.6 Å². The van der Waals surface area contributed by atoms with Gasteiger partial charge in [0.1, 0.15) is 5.76 Å². The minimum Gasteiger partial charge on any atom is -0.480 e. The molecule has 0 bridgehead atoms. The zero-order chi connectivity index (χ0) is 22.3. The third-order valence-corrected chi connectivity index (χ3v) is 5.26. The molecule has 0 unspecified atom stereocenters. The molecular weight excluding hydrogens is 442 g/mol. The Balaban J connectivity index is 1.57. The van der Waals surface area contributed by atoms with Crippen LogP contribution in [0.5, 0.6) is 5.88 Å². The number of amides is 1. The lowest BCUT2D eigenvalue weighted by molar-refractivity contribution is -0.115. The van der Waals surface area contributed by atoms with Gasteiger partial charge in [0.2, 0.25) is 11.8 Å². The number of methoxy groups -OCH3 is 1. The Morgan fingerprint density at radius 2 is 1.90 bits per heavy atom. The number of benzene rings is 1. The molecule has 12 heteroatoms. The minimum absolute atomic E-state index is 0.00648. The zero-order valence-corrected chi connectivity index (χ0v) is 17.7. The molecule has 1 amide bonds. The Morgan fingerprint density at radius 3 is 2.52 bits per heavy atom. The van der Waals surface area contributed by atoms with Gasteiger partial charge in [-0.05, 0) is 60.8 Å². The summed E-state index contributed by atoms with van der Waals surface area (Å²) in [6, 6.07) is 12.1. The maximum atomic E-state index is 12.5. The van der Waals surface area contributed by atoms with Gasteiger partial charge in [-0.15, -0.1) is 10.2 Å². The van der Waals surface area contributed by atoms with Crippen LogP contribution < -0.4 is 20.1 Å². The first-order valence-corrected chi connectivity index (χ1v) is 10.6. The highest BCUT2D eigenvalue weighted by Crippen LogP contribution is 2.17. The van der Waals surface area contributed by atoms with Crippen LogP contribution in [0.2, 0.25) is 0 Å². The number of sulfonamides is 1. The zero-order valence-electron chi connectivity index (χ0n) is 16.1. The summed E-state index contributed by atoms with van der Waals surface area (Å²) in [5, 5.41) is 12.8. The molecule has 1 aromatic carbocycles. The van der Waals surface area contributed by atoms with Gasteiger partial charge in [0.25, 0.3) is 10.0 Å². The number of carbonyl (C=O) groups is 1. The molecule has 0 aliphatic rings. The fourth-order valence-corrected chi connectivity index (χ4v) is 3.47. The van der Waals surface area contributed by atoms with Gasteiger partial charge in [-0.3, -0.25) is 14.8 Å². The molecule has 0 spiro atoms. The summed E-state index contributed by atoms with van der Waals surface area (Å²) in [4.78, 5) is 11.9. The highest BCUT2D eigenvalue weighted by molar-refractivity contribution is 7.92. The van der Waals surface area contributed by atoms with E-state index >= 15 is 0 Å². The molecule has 0 atom stereocenters. The van der Waals surface area contributed by atoms with Crippen LogP contribution >= 0.6 is 12.2 Å². The summed E-state index contributed by atoms with van der Waals surface area (Å²) in [5.74, 6) is 0.394. The summed E-state index contributed by atoms with van der Waals surface area (Å²) >= 11 is 5.08. The first-order valence-electron chi connectivity index (χ1n) is 8.70. The van der Waals surface area contributed by atoms with Crippen molar-refractivity contribution in [1.29, 1.82) is 0 Å². The number of anilines is 2. The topological polar surface area (TPSA) is 135 Å². The van der Waals surface area contributed by atoms with Gasteiger partial charge in [-0.2, -0.15) is 0 Å². The highest BCUT2D eigenvalue weighted by atomic mass is 32.2. The first kappa shape index (κ1) is 21.9. The molecule has 160 valence electrons. The number of aromatic nitrogens is 2. The Bertz CT molecular complexity index is 1180. The van der Waals surface area contributed by atoms with Crippen molar-refractivity contribution in [2.45, 2.75) is 4.90 Å². The Hall–Kier alpha value is -3.77. The average Bonchev–Trinajstić information content (AvgIpc) is 3.26. The largest absolute Gasteiger partial charge is 0.480 e. The number of hydrogen-bond donors (Lipinski definition) is 3. The van der Waals surface area contributed by atoms with Crippen LogP contribution in [0.4, 0.5) is 11.5 Å². The molecule has 3 rings (SSSR count). The maximum Gasteiger partial charge on any atom is 0.263 e.